The molecule has 0 spiro atoms. The Kier molecular flexibility index (Phi) is 2.85. The van der Waals surface area contributed by atoms with Crippen LogP contribution in [0.3, 0.4) is 0 Å². The molecule has 1 aliphatic heterocycles. The van der Waals surface area contributed by atoms with E-state index in [1.165, 1.54) is 0 Å². The maximum Gasteiger partial charge on any atom is 0.410 e. The highest BCUT2D eigenvalue weighted by Crippen LogP contribution is 2.18. The van der Waals surface area contributed by atoms with Crippen molar-refractivity contribution in [3.8, 4) is 0 Å². The van der Waals surface area contributed by atoms with Crippen LogP contribution >= 0.6 is 0 Å². The van der Waals surface area contributed by atoms with E-state index >= 15 is 0 Å². The van der Waals surface area contributed by atoms with E-state index in [1.807, 2.05) is 38.6 Å². The zero-order valence-corrected chi connectivity index (χ0v) is 10.9. The Hall–Kier alpha value is -1.52. The monoisotopic (exact) mass is 237 g/mol. The Labute approximate surface area is 101 Å². The van der Waals surface area contributed by atoms with E-state index < -0.39 is 5.60 Å². The summed E-state index contributed by atoms with van der Waals surface area (Å²) >= 11 is 0. The highest BCUT2D eigenvalue weighted by Gasteiger charge is 2.26. The molecule has 0 aliphatic carbocycles. The van der Waals surface area contributed by atoms with Crippen LogP contribution in [0.25, 0.3) is 0 Å². The van der Waals surface area contributed by atoms with Crippen molar-refractivity contribution in [2.45, 2.75) is 46.4 Å². The molecular formula is C12H19N3O2. The van der Waals surface area contributed by atoms with Crippen LogP contribution in [0.1, 0.15) is 32.0 Å². The molecule has 17 heavy (non-hydrogen) atoms. The third-order valence-electron chi connectivity index (χ3n) is 2.73. The summed E-state index contributed by atoms with van der Waals surface area (Å²) in [5.41, 5.74) is 1.78. The van der Waals surface area contributed by atoms with Gasteiger partial charge < -0.3 is 9.64 Å². The number of hydrogen-bond acceptors (Lipinski definition) is 3. The van der Waals surface area contributed by atoms with Crippen molar-refractivity contribution < 1.29 is 9.53 Å². The second kappa shape index (κ2) is 4.05. The van der Waals surface area contributed by atoms with Crippen LogP contribution in [0.15, 0.2) is 6.20 Å². The SMILES string of the molecule is Cc1cnn2c1CN(C(=O)OC(C)(C)C)CC2. The molecule has 94 valence electrons. The molecule has 1 aliphatic rings. The second-order valence-electron chi connectivity index (χ2n) is 5.40. The van der Waals surface area contributed by atoms with Crippen LogP contribution in [-0.2, 0) is 17.8 Å². The van der Waals surface area contributed by atoms with Crippen LogP contribution in [0.4, 0.5) is 4.79 Å². The van der Waals surface area contributed by atoms with Crippen molar-refractivity contribution in [2.75, 3.05) is 6.54 Å². The first-order valence-corrected chi connectivity index (χ1v) is 5.86. The molecule has 0 saturated heterocycles. The first-order valence-electron chi connectivity index (χ1n) is 5.86. The van der Waals surface area contributed by atoms with E-state index in [2.05, 4.69) is 5.10 Å². The zero-order valence-electron chi connectivity index (χ0n) is 10.9. The van der Waals surface area contributed by atoms with Gasteiger partial charge in [-0.3, -0.25) is 4.68 Å². The summed E-state index contributed by atoms with van der Waals surface area (Å²) in [5.74, 6) is 0. The quantitative estimate of drug-likeness (QED) is 0.692. The number of nitrogens with zero attached hydrogens (tertiary/aromatic N) is 3. The zero-order chi connectivity index (χ0) is 12.6. The van der Waals surface area contributed by atoms with Crippen LogP contribution in [0.2, 0.25) is 0 Å². The number of rotatable bonds is 0. The average Bonchev–Trinajstić information content (AvgIpc) is 2.57. The van der Waals surface area contributed by atoms with Gasteiger partial charge in [0.15, 0.2) is 0 Å². The van der Waals surface area contributed by atoms with E-state index in [0.29, 0.717) is 13.1 Å². The number of amides is 1. The van der Waals surface area contributed by atoms with Gasteiger partial charge in [-0.25, -0.2) is 4.79 Å². The van der Waals surface area contributed by atoms with E-state index in [0.717, 1.165) is 17.8 Å². The number of fused-ring (bicyclic) bond motifs is 1. The molecule has 2 rings (SSSR count). The lowest BCUT2D eigenvalue weighted by atomic mass is 10.2. The predicted octanol–water partition coefficient (Wildman–Crippen LogP) is 1.94. The third-order valence-corrected chi connectivity index (χ3v) is 2.73. The van der Waals surface area contributed by atoms with Crippen LogP contribution in [-0.4, -0.2) is 32.9 Å². The molecule has 2 heterocycles. The number of aryl methyl sites for hydroxylation is 1. The molecule has 1 amide bonds. The summed E-state index contributed by atoms with van der Waals surface area (Å²) in [6.45, 7) is 9.63. The summed E-state index contributed by atoms with van der Waals surface area (Å²) < 4.78 is 7.32. The Bertz CT molecular complexity index is 431. The van der Waals surface area contributed by atoms with Gasteiger partial charge in [-0.05, 0) is 33.3 Å². The largest absolute Gasteiger partial charge is 0.444 e. The minimum atomic E-state index is -0.441. The van der Waals surface area contributed by atoms with Gasteiger partial charge in [0.2, 0.25) is 0 Å². The topological polar surface area (TPSA) is 47.4 Å². The fourth-order valence-corrected chi connectivity index (χ4v) is 1.86. The molecule has 5 heteroatoms. The molecule has 1 aromatic rings. The average molecular weight is 237 g/mol. The fourth-order valence-electron chi connectivity index (χ4n) is 1.86. The van der Waals surface area contributed by atoms with Gasteiger partial charge in [0.05, 0.1) is 25.0 Å². The molecule has 0 atom stereocenters. The minimum Gasteiger partial charge on any atom is -0.444 e. The highest BCUT2D eigenvalue weighted by atomic mass is 16.6. The summed E-state index contributed by atoms with van der Waals surface area (Å²) in [4.78, 5) is 13.7. The van der Waals surface area contributed by atoms with Gasteiger partial charge in [-0.1, -0.05) is 0 Å². The molecule has 0 bridgehead atoms. The van der Waals surface area contributed by atoms with Crippen LogP contribution in [0, 0.1) is 6.92 Å². The fraction of sp³-hybridized carbons (Fsp3) is 0.667. The summed E-state index contributed by atoms with van der Waals surface area (Å²) in [6.07, 6.45) is 1.60. The van der Waals surface area contributed by atoms with E-state index in [-0.39, 0.29) is 6.09 Å². The Morgan fingerprint density at radius 2 is 2.12 bits per heavy atom. The van der Waals surface area contributed by atoms with Crippen molar-refractivity contribution in [3.63, 3.8) is 0 Å². The molecule has 0 radical (unpaired) electrons. The number of carbonyl (C=O) groups excluding carboxylic acids is 1. The van der Waals surface area contributed by atoms with Gasteiger partial charge in [-0.2, -0.15) is 5.10 Å². The molecule has 0 aromatic carbocycles. The normalized spacial score (nSPS) is 15.6. The van der Waals surface area contributed by atoms with E-state index in [4.69, 9.17) is 4.74 Å². The number of carbonyl (C=O) groups is 1. The predicted molar refractivity (Wildman–Crippen MR) is 63.6 cm³/mol. The Morgan fingerprint density at radius 1 is 1.41 bits per heavy atom. The van der Waals surface area contributed by atoms with Crippen molar-refractivity contribution >= 4 is 6.09 Å². The number of ether oxygens (including phenoxy) is 1. The minimum absolute atomic E-state index is 0.246. The second-order valence-corrected chi connectivity index (χ2v) is 5.40. The summed E-state index contributed by atoms with van der Waals surface area (Å²) in [7, 11) is 0. The van der Waals surface area contributed by atoms with Crippen molar-refractivity contribution in [3.05, 3.63) is 17.5 Å². The van der Waals surface area contributed by atoms with Gasteiger partial charge in [0, 0.05) is 6.54 Å². The highest BCUT2D eigenvalue weighted by molar-refractivity contribution is 5.68. The molecule has 0 unspecified atom stereocenters. The lowest BCUT2D eigenvalue weighted by Crippen LogP contribution is -2.41. The molecule has 0 saturated carbocycles. The molecule has 5 nitrogen and oxygen atoms in total. The molecule has 0 fully saturated rings. The first kappa shape index (κ1) is 12.0. The molecular weight excluding hydrogens is 218 g/mol. The standard InChI is InChI=1S/C12H19N3O2/c1-9-7-13-15-6-5-14(8-10(9)15)11(16)17-12(2,3)4/h7H,5-6,8H2,1-4H3. The van der Waals surface area contributed by atoms with E-state index in [9.17, 15) is 4.79 Å². The van der Waals surface area contributed by atoms with Crippen LogP contribution < -0.4 is 0 Å². The van der Waals surface area contributed by atoms with Gasteiger partial charge >= 0.3 is 6.09 Å². The van der Waals surface area contributed by atoms with Gasteiger partial charge in [0.25, 0.3) is 0 Å². The van der Waals surface area contributed by atoms with Crippen molar-refractivity contribution in [1.29, 1.82) is 0 Å². The smallest absolute Gasteiger partial charge is 0.410 e. The van der Waals surface area contributed by atoms with Crippen molar-refractivity contribution in [2.24, 2.45) is 0 Å². The number of hydrogen-bond donors (Lipinski definition) is 0. The summed E-state index contributed by atoms with van der Waals surface area (Å²) in [6, 6.07) is 0. The van der Waals surface area contributed by atoms with Crippen molar-refractivity contribution in [1.82, 2.24) is 14.7 Å². The van der Waals surface area contributed by atoms with Crippen LogP contribution in [0.5, 0.6) is 0 Å². The molecule has 0 N–H and O–H groups in total. The number of aromatic nitrogens is 2. The van der Waals surface area contributed by atoms with Gasteiger partial charge in [-0.15, -0.1) is 0 Å². The maximum atomic E-state index is 11.9. The summed E-state index contributed by atoms with van der Waals surface area (Å²) in [5, 5.41) is 4.26. The van der Waals surface area contributed by atoms with E-state index in [1.54, 1.807) is 4.90 Å². The maximum absolute atomic E-state index is 11.9. The molecule has 1 aromatic heterocycles. The lowest BCUT2D eigenvalue weighted by molar-refractivity contribution is 0.0194. The van der Waals surface area contributed by atoms with Gasteiger partial charge in [0.1, 0.15) is 5.60 Å². The third kappa shape index (κ3) is 2.60. The lowest BCUT2D eigenvalue weighted by Gasteiger charge is -2.30. The first-order chi connectivity index (χ1) is 7.87. The Balaban J connectivity index is 2.07. The Morgan fingerprint density at radius 3 is 2.76 bits per heavy atom.